The van der Waals surface area contributed by atoms with Crippen LogP contribution in [0.15, 0.2) is 0 Å². The molecule has 0 aliphatic carbocycles. The summed E-state index contributed by atoms with van der Waals surface area (Å²) in [7, 11) is -9.86. The third-order valence-electron chi connectivity index (χ3n) is 0.289. The van der Waals surface area contributed by atoms with Crippen molar-refractivity contribution in [1.82, 2.24) is 0 Å². The standard InChI is InChI=1S/CH4O6S2.ClH.2Li/c2-8(3,4)1-9(5,6)7;;;/h1H2,(H,2,3,4)(H,5,6,7);1H;;/q;;2*+1/p-2. The van der Waals surface area contributed by atoms with Gasteiger partial charge in [-0.25, -0.2) is 16.8 Å². The maximum absolute atomic E-state index is 9.51. The smallest absolute Gasteiger partial charge is 0.747 e. The van der Waals surface area contributed by atoms with Crippen LogP contribution in [0.1, 0.15) is 0 Å². The van der Waals surface area contributed by atoms with E-state index in [-0.39, 0.29) is 50.1 Å². The van der Waals surface area contributed by atoms with Crippen molar-refractivity contribution < 1.29 is 63.7 Å². The summed E-state index contributed by atoms with van der Waals surface area (Å²) in [5.74, 6) is 0. The Morgan fingerprint density at radius 3 is 1.00 bits per heavy atom. The van der Waals surface area contributed by atoms with Crippen molar-refractivity contribution in [3.05, 3.63) is 0 Å². The summed E-state index contributed by atoms with van der Waals surface area (Å²) in [5, 5.41) is -1.88. The largest absolute Gasteiger partial charge is 1.00 e. The van der Waals surface area contributed by atoms with Gasteiger partial charge < -0.3 is 9.11 Å². The third kappa shape index (κ3) is 22.5. The van der Waals surface area contributed by atoms with Gasteiger partial charge in [0.15, 0.2) is 0 Å². The Bertz CT molecular complexity index is 249. The fourth-order valence-corrected chi connectivity index (χ4v) is 1.59. The van der Waals surface area contributed by atoms with Crippen LogP contribution in [-0.4, -0.2) is 31.0 Å². The van der Waals surface area contributed by atoms with Crippen LogP contribution in [-0.2, 0) is 20.2 Å². The van der Waals surface area contributed by atoms with E-state index in [1.165, 1.54) is 0 Å². The van der Waals surface area contributed by atoms with Crippen molar-refractivity contribution in [2.24, 2.45) is 0 Å². The average Bonchev–Trinajstić information content (AvgIpc) is 1.14. The van der Waals surface area contributed by atoms with Crippen LogP contribution in [0.2, 0.25) is 0 Å². The van der Waals surface area contributed by atoms with Gasteiger partial charge in [-0.1, -0.05) is 0 Å². The summed E-state index contributed by atoms with van der Waals surface area (Å²) in [6, 6.07) is 0. The SMILES string of the molecule is Cl.O=S(=O)([O-])CS(=O)(=O)[O-].[Li+].[Li+]. The van der Waals surface area contributed by atoms with E-state index in [2.05, 4.69) is 0 Å². The van der Waals surface area contributed by atoms with Gasteiger partial charge in [0.1, 0.15) is 25.3 Å². The summed E-state index contributed by atoms with van der Waals surface area (Å²) in [6.45, 7) is 0. The van der Waals surface area contributed by atoms with E-state index >= 15 is 0 Å². The first-order chi connectivity index (χ1) is 3.71. The molecule has 0 aromatic carbocycles. The molecule has 12 heavy (non-hydrogen) atoms. The molecule has 0 spiro atoms. The number of hydrogen-bond donors (Lipinski definition) is 0. The zero-order valence-corrected chi connectivity index (χ0v) is 8.83. The fourth-order valence-electron chi connectivity index (χ4n) is 0.177. The summed E-state index contributed by atoms with van der Waals surface area (Å²) < 4.78 is 57.1. The molecule has 0 N–H and O–H groups in total. The molecule has 0 radical (unpaired) electrons. The van der Waals surface area contributed by atoms with Crippen molar-refractivity contribution in [3.63, 3.8) is 0 Å². The Kier molecular flexibility index (Phi) is 14.9. The van der Waals surface area contributed by atoms with Gasteiger partial charge >= 0.3 is 37.7 Å². The van der Waals surface area contributed by atoms with Crippen molar-refractivity contribution in [2.75, 3.05) is 5.08 Å². The molecule has 11 heteroatoms. The monoisotopic (exact) mass is 224 g/mol. The van der Waals surface area contributed by atoms with Crippen LogP contribution in [0, 0.1) is 0 Å². The molecule has 6 nitrogen and oxygen atoms in total. The van der Waals surface area contributed by atoms with Crippen molar-refractivity contribution in [2.45, 2.75) is 0 Å². The van der Waals surface area contributed by atoms with E-state index in [0.717, 1.165) is 0 Å². The average molecular weight is 224 g/mol. The zero-order valence-electron chi connectivity index (χ0n) is 6.38. The molecule has 0 bridgehead atoms. The minimum Gasteiger partial charge on any atom is -0.747 e. The van der Waals surface area contributed by atoms with Crippen molar-refractivity contribution >= 4 is 32.6 Å². The number of hydrogen-bond acceptors (Lipinski definition) is 6. The Morgan fingerprint density at radius 1 is 0.833 bits per heavy atom. The van der Waals surface area contributed by atoms with Crippen molar-refractivity contribution in [1.29, 1.82) is 0 Å². The van der Waals surface area contributed by atoms with Gasteiger partial charge in [-0.05, 0) is 0 Å². The van der Waals surface area contributed by atoms with E-state index in [0.29, 0.717) is 0 Å². The molecule has 64 valence electrons. The number of halogens is 1. The number of rotatable bonds is 2. The quantitative estimate of drug-likeness (QED) is 0.340. The molecule has 0 amide bonds. The second kappa shape index (κ2) is 7.68. The summed E-state index contributed by atoms with van der Waals surface area (Å²) >= 11 is 0. The van der Waals surface area contributed by atoms with Crippen molar-refractivity contribution in [3.8, 4) is 0 Å². The van der Waals surface area contributed by atoms with Crippen LogP contribution >= 0.6 is 12.4 Å². The molecule has 0 saturated heterocycles. The van der Waals surface area contributed by atoms with Crippen LogP contribution in [0.25, 0.3) is 0 Å². The maximum atomic E-state index is 9.51. The molecule has 0 heterocycles. The molecule has 0 aromatic heterocycles. The Balaban J connectivity index is -0.000000107. The van der Waals surface area contributed by atoms with E-state index in [4.69, 9.17) is 0 Å². The van der Waals surface area contributed by atoms with Crippen LogP contribution in [0.4, 0.5) is 0 Å². The van der Waals surface area contributed by atoms with E-state index in [1.807, 2.05) is 0 Å². The Morgan fingerprint density at radius 2 is 1.00 bits per heavy atom. The predicted molar refractivity (Wildman–Crippen MR) is 31.5 cm³/mol. The summed E-state index contributed by atoms with van der Waals surface area (Å²) in [5.41, 5.74) is 0. The van der Waals surface area contributed by atoms with Gasteiger partial charge in [0, 0.05) is 0 Å². The second-order valence-corrected chi connectivity index (χ2v) is 4.41. The molecule has 0 aliphatic heterocycles. The van der Waals surface area contributed by atoms with Gasteiger partial charge in [-0.2, -0.15) is 0 Å². The molecule has 0 rings (SSSR count). The van der Waals surface area contributed by atoms with Crippen LogP contribution in [0.5, 0.6) is 0 Å². The Hall–Kier alpha value is 1.30. The molecule has 0 aliphatic rings. The third-order valence-corrected chi connectivity index (χ3v) is 2.60. The minimum absolute atomic E-state index is 0. The molecular formula is CH3ClLi2O6S2. The first-order valence-corrected chi connectivity index (χ1v) is 4.73. The molecule has 0 atom stereocenters. The molecule has 0 saturated carbocycles. The Labute approximate surface area is 101 Å². The van der Waals surface area contributed by atoms with Crippen LogP contribution < -0.4 is 37.7 Å². The van der Waals surface area contributed by atoms with Gasteiger partial charge in [0.25, 0.3) is 0 Å². The maximum Gasteiger partial charge on any atom is 1.00 e. The van der Waals surface area contributed by atoms with Crippen LogP contribution in [0.3, 0.4) is 0 Å². The van der Waals surface area contributed by atoms with Gasteiger partial charge in [-0.3, -0.25) is 0 Å². The second-order valence-electron chi connectivity index (χ2n) is 1.23. The molecule has 0 aromatic rings. The first kappa shape index (κ1) is 23.3. The van der Waals surface area contributed by atoms with E-state index in [1.54, 1.807) is 0 Å². The summed E-state index contributed by atoms with van der Waals surface area (Å²) in [4.78, 5) is 0. The molecule has 0 unspecified atom stereocenters. The van der Waals surface area contributed by atoms with Gasteiger partial charge in [0.05, 0.1) is 0 Å². The van der Waals surface area contributed by atoms with E-state index < -0.39 is 25.3 Å². The van der Waals surface area contributed by atoms with Gasteiger partial charge in [-0.15, -0.1) is 12.4 Å². The van der Waals surface area contributed by atoms with Gasteiger partial charge in [0.2, 0.25) is 0 Å². The van der Waals surface area contributed by atoms with E-state index in [9.17, 15) is 25.9 Å². The summed E-state index contributed by atoms with van der Waals surface area (Å²) in [6.07, 6.45) is 0. The predicted octanol–water partition coefficient (Wildman–Crippen LogP) is -7.54. The molecule has 0 fully saturated rings. The first-order valence-electron chi connectivity index (χ1n) is 1.58. The zero-order chi connectivity index (χ0) is 7.71. The normalized spacial score (nSPS) is 10.2. The minimum atomic E-state index is -4.93. The topological polar surface area (TPSA) is 114 Å². The molecular weight excluding hydrogens is 221 g/mol. The fraction of sp³-hybridized carbons (Fsp3) is 1.00.